The fourth-order valence-electron chi connectivity index (χ4n) is 3.33. The summed E-state index contributed by atoms with van der Waals surface area (Å²) in [6, 6.07) is 4.24. The molecule has 1 aliphatic rings. The van der Waals surface area contributed by atoms with Crippen LogP contribution >= 0.6 is 24.0 Å². The standard InChI is InChI=1S/C19H30ClN3O3.ClH/c1-3-26-19-16(20)10-14(11-17(19)25-2)13-23-9-5-4-6-15(23)12-22-18(24)7-8-21;/h10-11,15H,3-9,12-13,21H2,1-2H3,(H,22,24);1H. The number of carbonyl (C=O) groups excluding carboxylic acids is 1. The molecule has 2 rings (SSSR count). The molecule has 1 unspecified atom stereocenters. The summed E-state index contributed by atoms with van der Waals surface area (Å²) in [6.45, 7) is 5.25. The van der Waals surface area contributed by atoms with Crippen molar-refractivity contribution in [3.8, 4) is 11.5 Å². The van der Waals surface area contributed by atoms with E-state index in [4.69, 9.17) is 26.8 Å². The van der Waals surface area contributed by atoms with E-state index in [-0.39, 0.29) is 18.3 Å². The van der Waals surface area contributed by atoms with Crippen molar-refractivity contribution in [3.05, 3.63) is 22.7 Å². The van der Waals surface area contributed by atoms with Crippen molar-refractivity contribution >= 4 is 29.9 Å². The zero-order valence-electron chi connectivity index (χ0n) is 16.1. The van der Waals surface area contributed by atoms with Crippen LogP contribution in [0.3, 0.4) is 0 Å². The van der Waals surface area contributed by atoms with Crippen LogP contribution < -0.4 is 20.5 Å². The second-order valence-corrected chi connectivity index (χ2v) is 6.91. The Bertz CT molecular complexity index is 602. The summed E-state index contributed by atoms with van der Waals surface area (Å²) in [7, 11) is 1.62. The van der Waals surface area contributed by atoms with Gasteiger partial charge in [-0.3, -0.25) is 9.69 Å². The van der Waals surface area contributed by atoms with Crippen LogP contribution in [0.15, 0.2) is 12.1 Å². The first-order valence-corrected chi connectivity index (χ1v) is 9.66. The number of hydrogen-bond acceptors (Lipinski definition) is 5. The molecule has 0 spiro atoms. The summed E-state index contributed by atoms with van der Waals surface area (Å²) in [4.78, 5) is 14.1. The van der Waals surface area contributed by atoms with Gasteiger partial charge in [-0.1, -0.05) is 18.0 Å². The normalized spacial score (nSPS) is 17.1. The monoisotopic (exact) mass is 419 g/mol. The molecule has 1 atom stereocenters. The van der Waals surface area contributed by atoms with Gasteiger partial charge in [0.1, 0.15) is 0 Å². The quantitative estimate of drug-likeness (QED) is 0.643. The maximum atomic E-state index is 11.7. The average molecular weight is 420 g/mol. The van der Waals surface area contributed by atoms with Gasteiger partial charge in [0.25, 0.3) is 0 Å². The van der Waals surface area contributed by atoms with Crippen LogP contribution in [0.1, 0.15) is 38.2 Å². The van der Waals surface area contributed by atoms with Crippen LogP contribution in [-0.4, -0.2) is 50.2 Å². The molecule has 6 nitrogen and oxygen atoms in total. The third kappa shape index (κ3) is 7.03. The highest BCUT2D eigenvalue weighted by Crippen LogP contribution is 2.37. The minimum Gasteiger partial charge on any atom is -0.493 e. The molecule has 1 fully saturated rings. The van der Waals surface area contributed by atoms with E-state index in [2.05, 4.69) is 10.2 Å². The van der Waals surface area contributed by atoms with Crippen molar-refractivity contribution in [2.75, 3.05) is 33.4 Å². The Hall–Kier alpha value is -1.21. The van der Waals surface area contributed by atoms with Gasteiger partial charge in [0.05, 0.1) is 18.7 Å². The number of carbonyl (C=O) groups is 1. The Morgan fingerprint density at radius 2 is 2.19 bits per heavy atom. The number of likely N-dealkylation sites (tertiary alicyclic amines) is 1. The van der Waals surface area contributed by atoms with Crippen LogP contribution in [0.4, 0.5) is 0 Å². The Balaban J connectivity index is 0.00000364. The van der Waals surface area contributed by atoms with E-state index in [1.54, 1.807) is 7.11 Å². The van der Waals surface area contributed by atoms with Gasteiger partial charge in [-0.05, 0) is 44.0 Å². The van der Waals surface area contributed by atoms with E-state index in [1.807, 2.05) is 19.1 Å². The number of amides is 1. The second-order valence-electron chi connectivity index (χ2n) is 6.50. The lowest BCUT2D eigenvalue weighted by molar-refractivity contribution is -0.121. The molecule has 27 heavy (non-hydrogen) atoms. The summed E-state index contributed by atoms with van der Waals surface area (Å²) < 4.78 is 11.0. The molecule has 0 saturated carbocycles. The first-order valence-electron chi connectivity index (χ1n) is 9.29. The van der Waals surface area contributed by atoms with Crippen LogP contribution in [0.25, 0.3) is 0 Å². The van der Waals surface area contributed by atoms with Crippen molar-refractivity contribution in [2.24, 2.45) is 5.73 Å². The van der Waals surface area contributed by atoms with Gasteiger partial charge in [0.15, 0.2) is 11.5 Å². The first kappa shape index (κ1) is 23.8. The lowest BCUT2D eigenvalue weighted by Crippen LogP contribution is -2.46. The fourth-order valence-corrected chi connectivity index (χ4v) is 3.62. The van der Waals surface area contributed by atoms with E-state index in [0.717, 1.165) is 31.5 Å². The molecule has 0 radical (unpaired) electrons. The molecule has 1 aliphatic heterocycles. The molecule has 154 valence electrons. The largest absolute Gasteiger partial charge is 0.493 e. The Labute approximate surface area is 173 Å². The Morgan fingerprint density at radius 3 is 2.85 bits per heavy atom. The van der Waals surface area contributed by atoms with Gasteiger partial charge in [0, 0.05) is 32.1 Å². The van der Waals surface area contributed by atoms with Crippen molar-refractivity contribution in [1.82, 2.24) is 10.2 Å². The number of hydrogen-bond donors (Lipinski definition) is 2. The predicted octanol–water partition coefficient (Wildman–Crippen LogP) is 2.99. The van der Waals surface area contributed by atoms with E-state index in [9.17, 15) is 4.79 Å². The molecule has 0 aliphatic carbocycles. The number of benzene rings is 1. The number of halogens is 2. The predicted molar refractivity (Wildman–Crippen MR) is 111 cm³/mol. The molecular weight excluding hydrogens is 389 g/mol. The number of piperidine rings is 1. The van der Waals surface area contributed by atoms with Crippen LogP contribution in [0, 0.1) is 0 Å². The lowest BCUT2D eigenvalue weighted by Gasteiger charge is -2.36. The van der Waals surface area contributed by atoms with Crippen LogP contribution in [0.2, 0.25) is 5.02 Å². The third-order valence-electron chi connectivity index (χ3n) is 4.62. The van der Waals surface area contributed by atoms with E-state index in [1.165, 1.54) is 6.42 Å². The van der Waals surface area contributed by atoms with Crippen molar-refractivity contribution in [1.29, 1.82) is 0 Å². The smallest absolute Gasteiger partial charge is 0.221 e. The molecule has 8 heteroatoms. The van der Waals surface area contributed by atoms with Crippen LogP contribution in [-0.2, 0) is 11.3 Å². The van der Waals surface area contributed by atoms with Crippen LogP contribution in [0.5, 0.6) is 11.5 Å². The molecule has 1 heterocycles. The van der Waals surface area contributed by atoms with E-state index < -0.39 is 0 Å². The molecule has 1 amide bonds. The van der Waals surface area contributed by atoms with Gasteiger partial charge in [0.2, 0.25) is 5.91 Å². The molecule has 1 saturated heterocycles. The summed E-state index contributed by atoms with van der Waals surface area (Å²) in [5.74, 6) is 1.26. The molecule has 1 aromatic carbocycles. The van der Waals surface area contributed by atoms with E-state index in [0.29, 0.717) is 48.7 Å². The Morgan fingerprint density at radius 1 is 1.41 bits per heavy atom. The Kier molecular flexibility index (Phi) is 10.8. The number of ether oxygens (including phenoxy) is 2. The minimum atomic E-state index is 0. The number of methoxy groups -OCH3 is 1. The van der Waals surface area contributed by atoms with Crippen molar-refractivity contribution in [2.45, 2.75) is 45.2 Å². The highest BCUT2D eigenvalue weighted by Gasteiger charge is 2.23. The summed E-state index contributed by atoms with van der Waals surface area (Å²) in [5, 5.41) is 3.56. The SMILES string of the molecule is CCOc1c(Cl)cc(CN2CCCCC2CNC(=O)CCN)cc1OC.Cl. The van der Waals surface area contributed by atoms with Gasteiger partial charge in [-0.25, -0.2) is 0 Å². The van der Waals surface area contributed by atoms with E-state index >= 15 is 0 Å². The topological polar surface area (TPSA) is 76.8 Å². The average Bonchev–Trinajstić information content (AvgIpc) is 2.63. The fraction of sp³-hybridized carbons (Fsp3) is 0.632. The molecule has 0 bridgehead atoms. The number of nitrogens with one attached hydrogen (secondary N) is 1. The number of rotatable bonds is 9. The second kappa shape index (κ2) is 12.3. The zero-order valence-corrected chi connectivity index (χ0v) is 17.7. The zero-order chi connectivity index (χ0) is 18.9. The van der Waals surface area contributed by atoms with Gasteiger partial charge < -0.3 is 20.5 Å². The molecule has 3 N–H and O–H groups in total. The highest BCUT2D eigenvalue weighted by molar-refractivity contribution is 6.32. The summed E-state index contributed by atoms with van der Waals surface area (Å²) >= 11 is 6.39. The van der Waals surface area contributed by atoms with Gasteiger partial charge in [-0.2, -0.15) is 0 Å². The number of nitrogens with two attached hydrogens (primary N) is 1. The highest BCUT2D eigenvalue weighted by atomic mass is 35.5. The number of nitrogens with zero attached hydrogens (tertiary/aromatic N) is 1. The molecule has 1 aromatic rings. The molecule has 0 aromatic heterocycles. The minimum absolute atomic E-state index is 0. The third-order valence-corrected chi connectivity index (χ3v) is 4.90. The van der Waals surface area contributed by atoms with Crippen molar-refractivity contribution in [3.63, 3.8) is 0 Å². The maximum absolute atomic E-state index is 11.7. The van der Waals surface area contributed by atoms with Crippen molar-refractivity contribution < 1.29 is 14.3 Å². The maximum Gasteiger partial charge on any atom is 0.221 e. The van der Waals surface area contributed by atoms with Gasteiger partial charge >= 0.3 is 0 Å². The summed E-state index contributed by atoms with van der Waals surface area (Å²) in [5.41, 5.74) is 6.52. The first-order chi connectivity index (χ1) is 12.6. The summed E-state index contributed by atoms with van der Waals surface area (Å²) in [6.07, 6.45) is 3.79. The molecular formula is C19H31Cl2N3O3. The van der Waals surface area contributed by atoms with Gasteiger partial charge in [-0.15, -0.1) is 12.4 Å². The lowest BCUT2D eigenvalue weighted by atomic mass is 10.0.